The maximum atomic E-state index is 5.64. The van der Waals surface area contributed by atoms with Crippen LogP contribution >= 0.6 is 0 Å². The van der Waals surface area contributed by atoms with E-state index in [1.807, 2.05) is 0 Å². The zero-order valence-corrected chi connectivity index (χ0v) is 12.0. The van der Waals surface area contributed by atoms with E-state index >= 15 is 0 Å². The standard InChI is InChI=1S/C15H32N2/c1-3-14(11-12-16)8-7-13-17(2)15-9-5-4-6-10-15/h14-15H,3-13,16H2,1-2H3. The Bertz CT molecular complexity index is 176. The van der Waals surface area contributed by atoms with Gasteiger partial charge in [0.15, 0.2) is 0 Å². The summed E-state index contributed by atoms with van der Waals surface area (Å²) < 4.78 is 0. The van der Waals surface area contributed by atoms with Crippen LogP contribution in [0.2, 0.25) is 0 Å². The SMILES string of the molecule is CCC(CCN)CCCN(C)C1CCCCC1. The Balaban J connectivity index is 2.11. The molecule has 1 rings (SSSR count). The molecule has 0 aromatic rings. The second-order valence-electron chi connectivity index (χ2n) is 5.77. The molecule has 2 heteroatoms. The first-order valence-corrected chi connectivity index (χ1v) is 7.68. The topological polar surface area (TPSA) is 29.3 Å². The highest BCUT2D eigenvalue weighted by molar-refractivity contribution is 4.73. The van der Waals surface area contributed by atoms with Crippen molar-refractivity contribution in [2.75, 3.05) is 20.1 Å². The fourth-order valence-electron chi connectivity index (χ4n) is 3.12. The van der Waals surface area contributed by atoms with Crippen LogP contribution in [0.4, 0.5) is 0 Å². The van der Waals surface area contributed by atoms with E-state index in [4.69, 9.17) is 5.73 Å². The molecule has 0 saturated heterocycles. The minimum Gasteiger partial charge on any atom is -0.330 e. The molecule has 0 amide bonds. The van der Waals surface area contributed by atoms with Crippen molar-refractivity contribution in [2.24, 2.45) is 11.7 Å². The minimum absolute atomic E-state index is 0.858. The van der Waals surface area contributed by atoms with E-state index in [1.54, 1.807) is 0 Å². The highest BCUT2D eigenvalue weighted by atomic mass is 15.1. The summed E-state index contributed by atoms with van der Waals surface area (Å²) in [6.45, 7) is 4.44. The minimum atomic E-state index is 0.858. The van der Waals surface area contributed by atoms with Gasteiger partial charge in [0, 0.05) is 6.04 Å². The molecule has 0 spiro atoms. The van der Waals surface area contributed by atoms with E-state index in [-0.39, 0.29) is 0 Å². The van der Waals surface area contributed by atoms with Crippen molar-refractivity contribution in [1.82, 2.24) is 4.90 Å². The number of hydrogen-bond acceptors (Lipinski definition) is 2. The van der Waals surface area contributed by atoms with E-state index in [0.717, 1.165) is 18.5 Å². The van der Waals surface area contributed by atoms with Gasteiger partial charge in [-0.1, -0.05) is 32.6 Å². The predicted molar refractivity (Wildman–Crippen MR) is 76.2 cm³/mol. The average molecular weight is 240 g/mol. The van der Waals surface area contributed by atoms with Crippen LogP contribution in [0.15, 0.2) is 0 Å². The fourth-order valence-corrected chi connectivity index (χ4v) is 3.12. The van der Waals surface area contributed by atoms with Crippen LogP contribution in [0.1, 0.15) is 64.7 Å². The Hall–Kier alpha value is -0.0800. The van der Waals surface area contributed by atoms with Crippen LogP contribution in [0, 0.1) is 5.92 Å². The first kappa shape index (κ1) is 15.0. The molecule has 0 heterocycles. The number of rotatable bonds is 8. The van der Waals surface area contributed by atoms with Crippen molar-refractivity contribution in [3.05, 3.63) is 0 Å². The zero-order valence-electron chi connectivity index (χ0n) is 12.0. The third-order valence-electron chi connectivity index (χ3n) is 4.47. The van der Waals surface area contributed by atoms with Crippen LogP contribution in [0.3, 0.4) is 0 Å². The van der Waals surface area contributed by atoms with Crippen LogP contribution in [-0.4, -0.2) is 31.1 Å². The zero-order chi connectivity index (χ0) is 12.5. The van der Waals surface area contributed by atoms with Gasteiger partial charge in [0.25, 0.3) is 0 Å². The van der Waals surface area contributed by atoms with Gasteiger partial charge in [0.1, 0.15) is 0 Å². The van der Waals surface area contributed by atoms with Crippen molar-refractivity contribution in [2.45, 2.75) is 70.8 Å². The van der Waals surface area contributed by atoms with Crippen LogP contribution in [0.5, 0.6) is 0 Å². The van der Waals surface area contributed by atoms with Gasteiger partial charge in [-0.05, 0) is 58.2 Å². The van der Waals surface area contributed by atoms with E-state index < -0.39 is 0 Å². The smallest absolute Gasteiger partial charge is 0.00922 e. The molecule has 102 valence electrons. The Morgan fingerprint density at radius 2 is 1.88 bits per heavy atom. The summed E-state index contributed by atoms with van der Waals surface area (Å²) in [5, 5.41) is 0. The average Bonchev–Trinajstić information content (AvgIpc) is 2.38. The second-order valence-corrected chi connectivity index (χ2v) is 5.77. The lowest BCUT2D eigenvalue weighted by Gasteiger charge is -2.31. The Kier molecular flexibility index (Phi) is 7.87. The Labute approximate surface area is 108 Å². The summed E-state index contributed by atoms with van der Waals surface area (Å²) in [6, 6.07) is 0.873. The second kappa shape index (κ2) is 8.93. The quantitative estimate of drug-likeness (QED) is 0.704. The predicted octanol–water partition coefficient (Wildman–Crippen LogP) is 3.41. The summed E-state index contributed by atoms with van der Waals surface area (Å²) >= 11 is 0. The number of nitrogens with two attached hydrogens (primary N) is 1. The van der Waals surface area contributed by atoms with E-state index in [2.05, 4.69) is 18.9 Å². The molecule has 2 N–H and O–H groups in total. The summed E-state index contributed by atoms with van der Waals surface area (Å²) in [6.07, 6.45) is 12.4. The largest absolute Gasteiger partial charge is 0.330 e. The summed E-state index contributed by atoms with van der Waals surface area (Å²) in [4.78, 5) is 2.61. The molecule has 1 saturated carbocycles. The number of nitrogens with zero attached hydrogens (tertiary/aromatic N) is 1. The molecule has 1 aliphatic rings. The Morgan fingerprint density at radius 3 is 2.47 bits per heavy atom. The van der Waals surface area contributed by atoms with Gasteiger partial charge in [0.05, 0.1) is 0 Å². The summed E-state index contributed by atoms with van der Waals surface area (Å²) in [5.41, 5.74) is 5.64. The van der Waals surface area contributed by atoms with Gasteiger partial charge in [-0.3, -0.25) is 0 Å². The van der Waals surface area contributed by atoms with Gasteiger partial charge in [-0.15, -0.1) is 0 Å². The van der Waals surface area contributed by atoms with E-state index in [1.165, 1.54) is 64.3 Å². The van der Waals surface area contributed by atoms with Gasteiger partial charge >= 0.3 is 0 Å². The van der Waals surface area contributed by atoms with Crippen molar-refractivity contribution in [1.29, 1.82) is 0 Å². The summed E-state index contributed by atoms with van der Waals surface area (Å²) in [5.74, 6) is 0.861. The summed E-state index contributed by atoms with van der Waals surface area (Å²) in [7, 11) is 2.32. The third-order valence-corrected chi connectivity index (χ3v) is 4.47. The molecule has 0 aromatic carbocycles. The van der Waals surface area contributed by atoms with Crippen molar-refractivity contribution < 1.29 is 0 Å². The van der Waals surface area contributed by atoms with Gasteiger partial charge < -0.3 is 10.6 Å². The number of hydrogen-bond donors (Lipinski definition) is 1. The molecular formula is C15H32N2. The lowest BCUT2D eigenvalue weighted by molar-refractivity contribution is 0.185. The van der Waals surface area contributed by atoms with Crippen LogP contribution in [-0.2, 0) is 0 Å². The maximum Gasteiger partial charge on any atom is 0.00922 e. The first-order valence-electron chi connectivity index (χ1n) is 7.68. The lowest BCUT2D eigenvalue weighted by Crippen LogP contribution is -2.34. The van der Waals surface area contributed by atoms with Crippen LogP contribution in [0.25, 0.3) is 0 Å². The molecule has 2 nitrogen and oxygen atoms in total. The highest BCUT2D eigenvalue weighted by Gasteiger charge is 2.17. The van der Waals surface area contributed by atoms with Crippen molar-refractivity contribution in [3.63, 3.8) is 0 Å². The molecule has 17 heavy (non-hydrogen) atoms. The fraction of sp³-hybridized carbons (Fsp3) is 1.00. The molecule has 1 fully saturated rings. The van der Waals surface area contributed by atoms with Gasteiger partial charge in [-0.25, -0.2) is 0 Å². The molecule has 1 aliphatic carbocycles. The van der Waals surface area contributed by atoms with Gasteiger partial charge in [0.2, 0.25) is 0 Å². The maximum absolute atomic E-state index is 5.64. The highest BCUT2D eigenvalue weighted by Crippen LogP contribution is 2.22. The van der Waals surface area contributed by atoms with E-state index in [9.17, 15) is 0 Å². The molecule has 0 aliphatic heterocycles. The monoisotopic (exact) mass is 240 g/mol. The molecule has 0 bridgehead atoms. The van der Waals surface area contributed by atoms with Gasteiger partial charge in [-0.2, -0.15) is 0 Å². The van der Waals surface area contributed by atoms with Crippen molar-refractivity contribution >= 4 is 0 Å². The molecule has 1 unspecified atom stereocenters. The molecule has 0 radical (unpaired) electrons. The Morgan fingerprint density at radius 1 is 1.18 bits per heavy atom. The lowest BCUT2D eigenvalue weighted by atomic mass is 9.93. The molecule has 0 aromatic heterocycles. The van der Waals surface area contributed by atoms with Crippen LogP contribution < -0.4 is 5.73 Å². The first-order chi connectivity index (χ1) is 8.27. The molecular weight excluding hydrogens is 208 g/mol. The normalized spacial score (nSPS) is 19.8. The van der Waals surface area contributed by atoms with E-state index in [0.29, 0.717) is 0 Å². The van der Waals surface area contributed by atoms with Crippen molar-refractivity contribution in [3.8, 4) is 0 Å². The molecule has 1 atom stereocenters. The third kappa shape index (κ3) is 5.87.